The number of fused-ring (bicyclic) bond motifs is 1. The standard InChI is InChI=1S/C28H24ClFN6O3/c1-15(14-38-2)35-23(20-13-33-28(32)34-26(20)39-3)11-19-25(35)24(17-6-4-16(12-31)5-7-17)36(27(19)37)18-8-9-22(30)21(29)10-18/h4-11,13,15,24H,14H2,1-3H3,(H2,32,33,34)/t15-,24-/m1/s1. The van der Waals surface area contributed by atoms with E-state index in [1.165, 1.54) is 25.3 Å². The number of rotatable bonds is 7. The number of carbonyl (C=O) groups is 1. The molecule has 11 heteroatoms. The monoisotopic (exact) mass is 546 g/mol. The molecule has 0 radical (unpaired) electrons. The fourth-order valence-electron chi connectivity index (χ4n) is 5.02. The average Bonchev–Trinajstić information content (AvgIpc) is 3.45. The molecule has 0 fully saturated rings. The third-order valence-corrected chi connectivity index (χ3v) is 6.96. The Hall–Kier alpha value is -4.46. The molecule has 0 bridgehead atoms. The van der Waals surface area contributed by atoms with Crippen LogP contribution in [-0.2, 0) is 4.74 Å². The highest BCUT2D eigenvalue weighted by molar-refractivity contribution is 6.31. The van der Waals surface area contributed by atoms with Crippen LogP contribution in [0.1, 0.15) is 46.2 Å². The number of benzene rings is 2. The maximum absolute atomic E-state index is 14.1. The summed E-state index contributed by atoms with van der Waals surface area (Å²) in [6.45, 7) is 2.30. The second kappa shape index (κ2) is 10.4. The molecule has 2 aromatic carbocycles. The Bertz CT molecular complexity index is 1620. The van der Waals surface area contributed by atoms with Gasteiger partial charge in [0, 0.05) is 19.0 Å². The van der Waals surface area contributed by atoms with Crippen LogP contribution in [0.15, 0.2) is 54.7 Å². The van der Waals surface area contributed by atoms with Gasteiger partial charge in [-0.1, -0.05) is 23.7 Å². The largest absolute Gasteiger partial charge is 0.480 e. The van der Waals surface area contributed by atoms with Crippen molar-refractivity contribution in [1.29, 1.82) is 5.26 Å². The highest BCUT2D eigenvalue weighted by Gasteiger charge is 2.44. The predicted octanol–water partition coefficient (Wildman–Crippen LogP) is 5.16. The summed E-state index contributed by atoms with van der Waals surface area (Å²) in [5.74, 6) is -0.580. The number of nitriles is 1. The molecule has 3 heterocycles. The van der Waals surface area contributed by atoms with Crippen LogP contribution in [0.5, 0.6) is 5.88 Å². The van der Waals surface area contributed by atoms with Gasteiger partial charge in [-0.15, -0.1) is 0 Å². The second-order valence-corrected chi connectivity index (χ2v) is 9.47. The Balaban J connectivity index is 1.80. The fourth-order valence-corrected chi connectivity index (χ4v) is 5.19. The lowest BCUT2D eigenvalue weighted by molar-refractivity contribution is 0.0993. The van der Waals surface area contributed by atoms with Crippen LogP contribution in [0.3, 0.4) is 0 Å². The van der Waals surface area contributed by atoms with Crippen molar-refractivity contribution in [3.05, 3.63) is 88.0 Å². The van der Waals surface area contributed by atoms with E-state index in [1.54, 1.807) is 48.5 Å². The number of halogens is 2. The van der Waals surface area contributed by atoms with Crippen LogP contribution in [0, 0.1) is 17.1 Å². The van der Waals surface area contributed by atoms with Crippen molar-refractivity contribution in [2.24, 2.45) is 0 Å². The molecule has 5 rings (SSSR count). The van der Waals surface area contributed by atoms with E-state index in [9.17, 15) is 14.4 Å². The van der Waals surface area contributed by atoms with Crippen molar-refractivity contribution < 1.29 is 18.7 Å². The molecular weight excluding hydrogens is 523 g/mol. The molecule has 2 aromatic heterocycles. The van der Waals surface area contributed by atoms with Crippen LogP contribution in [-0.4, -0.2) is 41.3 Å². The lowest BCUT2D eigenvalue weighted by atomic mass is 10.0. The molecule has 1 amide bonds. The molecule has 0 saturated carbocycles. The van der Waals surface area contributed by atoms with Gasteiger partial charge in [-0.25, -0.2) is 9.37 Å². The van der Waals surface area contributed by atoms with Crippen molar-refractivity contribution in [3.63, 3.8) is 0 Å². The Morgan fingerprint density at radius 1 is 1.18 bits per heavy atom. The molecular formula is C28H24ClFN6O3. The lowest BCUT2D eigenvalue weighted by Crippen LogP contribution is -2.30. The highest BCUT2D eigenvalue weighted by atomic mass is 35.5. The maximum Gasteiger partial charge on any atom is 0.261 e. The first-order valence-corrected chi connectivity index (χ1v) is 12.4. The summed E-state index contributed by atoms with van der Waals surface area (Å²) in [6, 6.07) is 14.2. The number of nitrogens with zero attached hydrogens (tertiary/aromatic N) is 5. The van der Waals surface area contributed by atoms with Crippen LogP contribution >= 0.6 is 11.6 Å². The molecule has 0 unspecified atom stereocenters. The van der Waals surface area contributed by atoms with Gasteiger partial charge in [0.25, 0.3) is 5.91 Å². The third kappa shape index (κ3) is 4.46. The van der Waals surface area contributed by atoms with E-state index in [1.807, 2.05) is 11.5 Å². The van der Waals surface area contributed by atoms with Gasteiger partial charge in [0.1, 0.15) is 11.9 Å². The second-order valence-electron chi connectivity index (χ2n) is 9.06. The van der Waals surface area contributed by atoms with E-state index in [0.29, 0.717) is 40.4 Å². The van der Waals surface area contributed by atoms with Crippen molar-refractivity contribution in [3.8, 4) is 23.2 Å². The zero-order valence-electron chi connectivity index (χ0n) is 21.4. The summed E-state index contributed by atoms with van der Waals surface area (Å²) >= 11 is 6.12. The fraction of sp³-hybridized carbons (Fsp3) is 0.214. The summed E-state index contributed by atoms with van der Waals surface area (Å²) in [7, 11) is 3.08. The van der Waals surface area contributed by atoms with E-state index in [0.717, 1.165) is 5.56 Å². The number of nitrogen functional groups attached to an aromatic ring is 1. The van der Waals surface area contributed by atoms with Gasteiger partial charge in [0.05, 0.1) is 58.9 Å². The number of nitrogens with two attached hydrogens (primary N) is 1. The van der Waals surface area contributed by atoms with Gasteiger partial charge >= 0.3 is 0 Å². The first kappa shape index (κ1) is 26.2. The van der Waals surface area contributed by atoms with Gasteiger partial charge in [-0.3, -0.25) is 9.69 Å². The molecule has 4 aromatic rings. The summed E-state index contributed by atoms with van der Waals surface area (Å²) < 4.78 is 27.1. The van der Waals surface area contributed by atoms with Gasteiger partial charge in [0.15, 0.2) is 0 Å². The van der Waals surface area contributed by atoms with Gasteiger partial charge in [0.2, 0.25) is 11.8 Å². The molecule has 9 nitrogen and oxygen atoms in total. The number of ether oxygens (including phenoxy) is 2. The minimum Gasteiger partial charge on any atom is -0.480 e. The third-order valence-electron chi connectivity index (χ3n) is 6.67. The number of aromatic nitrogens is 3. The summed E-state index contributed by atoms with van der Waals surface area (Å²) in [6.07, 6.45) is 1.56. The highest BCUT2D eigenvalue weighted by Crippen LogP contribution is 2.47. The molecule has 2 N–H and O–H groups in total. The first-order valence-electron chi connectivity index (χ1n) is 12.0. The molecule has 39 heavy (non-hydrogen) atoms. The number of carbonyl (C=O) groups excluding carboxylic acids is 1. The van der Waals surface area contributed by atoms with Crippen molar-refractivity contribution in [2.75, 3.05) is 31.5 Å². The number of hydrogen-bond acceptors (Lipinski definition) is 7. The Kier molecular flexibility index (Phi) is 6.95. The van der Waals surface area contributed by atoms with Crippen molar-refractivity contribution >= 4 is 29.1 Å². The zero-order chi connectivity index (χ0) is 27.8. The normalized spacial score (nSPS) is 15.2. The lowest BCUT2D eigenvalue weighted by Gasteiger charge is -2.30. The summed E-state index contributed by atoms with van der Waals surface area (Å²) in [5, 5.41) is 9.24. The SMILES string of the molecule is COC[C@@H](C)n1c(-c2cnc(N)nc2OC)cc2c1[C@@H](c1ccc(C#N)cc1)N(c1ccc(F)c(Cl)c1)C2=O. The van der Waals surface area contributed by atoms with Crippen LogP contribution < -0.4 is 15.4 Å². The minimum atomic E-state index is -0.629. The van der Waals surface area contributed by atoms with Crippen LogP contribution in [0.2, 0.25) is 5.02 Å². The number of amides is 1. The van der Waals surface area contributed by atoms with E-state index in [2.05, 4.69) is 16.0 Å². The summed E-state index contributed by atoms with van der Waals surface area (Å²) in [5.41, 5.74) is 9.76. The van der Waals surface area contributed by atoms with Gasteiger partial charge in [-0.2, -0.15) is 10.2 Å². The van der Waals surface area contributed by atoms with E-state index >= 15 is 0 Å². The Morgan fingerprint density at radius 3 is 2.56 bits per heavy atom. The first-order chi connectivity index (χ1) is 18.8. The maximum atomic E-state index is 14.1. The van der Waals surface area contributed by atoms with E-state index in [4.69, 9.17) is 26.8 Å². The molecule has 198 valence electrons. The quantitative estimate of drug-likeness (QED) is 0.340. The Labute approximate surface area is 229 Å². The zero-order valence-corrected chi connectivity index (χ0v) is 22.1. The molecule has 1 aliphatic heterocycles. The van der Waals surface area contributed by atoms with Crippen molar-refractivity contribution in [1.82, 2.24) is 14.5 Å². The van der Waals surface area contributed by atoms with Crippen LogP contribution in [0.25, 0.3) is 11.3 Å². The molecule has 1 aliphatic rings. The van der Waals surface area contributed by atoms with E-state index < -0.39 is 11.9 Å². The van der Waals surface area contributed by atoms with Crippen LogP contribution in [0.4, 0.5) is 16.0 Å². The number of methoxy groups -OCH3 is 2. The van der Waals surface area contributed by atoms with Crippen molar-refractivity contribution in [2.45, 2.75) is 19.0 Å². The summed E-state index contributed by atoms with van der Waals surface area (Å²) in [4.78, 5) is 24.0. The molecule has 2 atom stereocenters. The van der Waals surface area contributed by atoms with Gasteiger partial charge < -0.3 is 19.8 Å². The topological polar surface area (TPSA) is 119 Å². The number of hydrogen-bond donors (Lipinski definition) is 1. The molecule has 0 spiro atoms. The van der Waals surface area contributed by atoms with Gasteiger partial charge in [-0.05, 0) is 48.9 Å². The molecule has 0 aliphatic carbocycles. The molecule has 0 saturated heterocycles. The average molecular weight is 547 g/mol. The number of anilines is 2. The van der Waals surface area contributed by atoms with E-state index in [-0.39, 0.29) is 28.8 Å². The Morgan fingerprint density at radius 2 is 1.92 bits per heavy atom. The smallest absolute Gasteiger partial charge is 0.261 e. The minimum absolute atomic E-state index is 0.0529. The predicted molar refractivity (Wildman–Crippen MR) is 144 cm³/mol.